The lowest BCUT2D eigenvalue weighted by Gasteiger charge is -2.35. The zero-order chi connectivity index (χ0) is 18.3. The normalized spacial score (nSPS) is 13.3. The Labute approximate surface area is 153 Å². The highest BCUT2D eigenvalue weighted by Gasteiger charge is 2.32. The van der Waals surface area contributed by atoms with Gasteiger partial charge in [0.1, 0.15) is 5.75 Å². The van der Waals surface area contributed by atoms with Crippen molar-refractivity contribution >= 4 is 13.9 Å². The molecule has 0 aliphatic heterocycles. The third-order valence-corrected chi connectivity index (χ3v) is 6.91. The Kier molecular flexibility index (Phi) is 7.43. The number of para-hydroxylation sites is 1. The van der Waals surface area contributed by atoms with Crippen molar-refractivity contribution in [3.05, 3.63) is 59.7 Å². The highest BCUT2D eigenvalue weighted by molar-refractivity contribution is 7.48. The van der Waals surface area contributed by atoms with Crippen molar-refractivity contribution in [2.24, 2.45) is 0 Å². The number of methoxy groups -OCH3 is 1. The van der Waals surface area contributed by atoms with E-state index in [0.29, 0.717) is 8.58 Å². The minimum absolute atomic E-state index is 0.0185. The second-order valence-corrected chi connectivity index (χ2v) is 7.97. The quantitative estimate of drug-likeness (QED) is 0.518. The number of hydrogen-bond acceptors (Lipinski definition) is 3. The molecule has 0 bridgehead atoms. The summed E-state index contributed by atoms with van der Waals surface area (Å²) in [5.74, 6) is 0.884. The van der Waals surface area contributed by atoms with Crippen LogP contribution in [0.1, 0.15) is 50.8 Å². The molecule has 3 nitrogen and oxygen atoms in total. The molecule has 1 N–H and O–H groups in total. The molecule has 2 aromatic rings. The van der Waals surface area contributed by atoms with E-state index in [-0.39, 0.29) is 11.9 Å². The molecule has 2 unspecified atom stereocenters. The van der Waals surface area contributed by atoms with E-state index in [9.17, 15) is 5.11 Å². The van der Waals surface area contributed by atoms with Crippen LogP contribution in [0.15, 0.2) is 48.5 Å². The van der Waals surface area contributed by atoms with Gasteiger partial charge in [-0.25, -0.2) is 0 Å². The van der Waals surface area contributed by atoms with E-state index in [1.54, 1.807) is 7.11 Å². The lowest BCUT2D eigenvalue weighted by atomic mass is 9.92. The van der Waals surface area contributed by atoms with E-state index >= 15 is 0 Å². The minimum atomic E-state index is -0.463. The lowest BCUT2D eigenvalue weighted by molar-refractivity contribution is 0.0499. The van der Waals surface area contributed by atoms with E-state index in [1.807, 2.05) is 31.2 Å². The van der Waals surface area contributed by atoms with Gasteiger partial charge in [-0.05, 0) is 36.7 Å². The molecular formula is C21H29O3P. The molecule has 25 heavy (non-hydrogen) atoms. The van der Waals surface area contributed by atoms with E-state index in [0.717, 1.165) is 24.2 Å². The Bertz CT molecular complexity index is 666. The average Bonchev–Trinajstić information content (AvgIpc) is 2.65. The molecule has 0 aliphatic carbocycles. The van der Waals surface area contributed by atoms with Gasteiger partial charge in [-0.1, -0.05) is 64.9 Å². The average molecular weight is 360 g/mol. The molecule has 0 aliphatic rings. The van der Waals surface area contributed by atoms with Crippen molar-refractivity contribution in [1.29, 1.82) is 0 Å². The number of ether oxygens (including phenoxy) is 2. The van der Waals surface area contributed by atoms with Crippen molar-refractivity contribution in [2.75, 3.05) is 13.9 Å². The molecule has 2 aromatic carbocycles. The van der Waals surface area contributed by atoms with Crippen LogP contribution in [0.2, 0.25) is 0 Å². The maximum absolute atomic E-state index is 10.2. The number of hydrogen-bond donors (Lipinski definition) is 1. The number of aliphatic hydroxyl groups is 1. The van der Waals surface area contributed by atoms with Crippen LogP contribution in [-0.2, 0) is 9.89 Å². The molecule has 0 amide bonds. The predicted octanol–water partition coefficient (Wildman–Crippen LogP) is 4.74. The van der Waals surface area contributed by atoms with Crippen molar-refractivity contribution < 1.29 is 14.6 Å². The van der Waals surface area contributed by atoms with E-state index < -0.39 is 6.10 Å². The summed E-state index contributed by atoms with van der Waals surface area (Å²) in [6, 6.07) is 16.4. The molecule has 0 spiro atoms. The Balaban J connectivity index is 2.47. The van der Waals surface area contributed by atoms with E-state index in [2.05, 4.69) is 38.1 Å². The minimum Gasteiger partial charge on any atom is -0.467 e. The van der Waals surface area contributed by atoms with Crippen LogP contribution >= 0.6 is 8.58 Å². The third-order valence-electron chi connectivity index (χ3n) is 4.73. The van der Waals surface area contributed by atoms with Gasteiger partial charge in [0.15, 0.2) is 6.79 Å². The van der Waals surface area contributed by atoms with E-state index in [4.69, 9.17) is 9.47 Å². The predicted molar refractivity (Wildman–Crippen MR) is 106 cm³/mol. The SMILES string of the molecule is CCC(CC)(Pc1ccccc1C(C)O)c1ccccc1OCOC. The van der Waals surface area contributed by atoms with Crippen LogP contribution in [-0.4, -0.2) is 19.0 Å². The van der Waals surface area contributed by atoms with Gasteiger partial charge in [0.2, 0.25) is 0 Å². The van der Waals surface area contributed by atoms with Gasteiger partial charge in [0, 0.05) is 17.8 Å². The lowest BCUT2D eigenvalue weighted by Crippen LogP contribution is -2.24. The smallest absolute Gasteiger partial charge is 0.188 e. The fraction of sp³-hybridized carbons (Fsp3) is 0.429. The Morgan fingerprint density at radius 1 is 1.04 bits per heavy atom. The third kappa shape index (κ3) is 4.61. The summed E-state index contributed by atoms with van der Waals surface area (Å²) in [4.78, 5) is 0. The summed E-state index contributed by atoms with van der Waals surface area (Å²) in [6.45, 7) is 6.54. The molecule has 0 aromatic heterocycles. The molecule has 0 saturated heterocycles. The van der Waals surface area contributed by atoms with Gasteiger partial charge in [0.25, 0.3) is 0 Å². The zero-order valence-corrected chi connectivity index (χ0v) is 16.6. The highest BCUT2D eigenvalue weighted by atomic mass is 31.1. The summed E-state index contributed by atoms with van der Waals surface area (Å²) in [6.07, 6.45) is 1.54. The second kappa shape index (κ2) is 9.33. The molecular weight excluding hydrogens is 331 g/mol. The molecule has 0 fully saturated rings. The van der Waals surface area contributed by atoms with Crippen LogP contribution in [0.5, 0.6) is 5.75 Å². The highest BCUT2D eigenvalue weighted by Crippen LogP contribution is 2.50. The van der Waals surface area contributed by atoms with Crippen molar-refractivity contribution in [2.45, 2.75) is 44.9 Å². The largest absolute Gasteiger partial charge is 0.467 e. The van der Waals surface area contributed by atoms with Gasteiger partial charge >= 0.3 is 0 Å². The van der Waals surface area contributed by atoms with E-state index in [1.165, 1.54) is 10.9 Å². The van der Waals surface area contributed by atoms with Crippen LogP contribution in [0, 0.1) is 0 Å². The van der Waals surface area contributed by atoms with Gasteiger partial charge in [-0.3, -0.25) is 0 Å². The summed E-state index contributed by atoms with van der Waals surface area (Å²) >= 11 is 0. The summed E-state index contributed by atoms with van der Waals surface area (Å²) < 4.78 is 10.9. The topological polar surface area (TPSA) is 38.7 Å². The number of benzene rings is 2. The Morgan fingerprint density at radius 2 is 1.68 bits per heavy atom. The first kappa shape index (κ1) is 19.9. The van der Waals surface area contributed by atoms with Crippen LogP contribution < -0.4 is 10.0 Å². The van der Waals surface area contributed by atoms with Gasteiger partial charge in [-0.15, -0.1) is 0 Å². The molecule has 0 heterocycles. The molecule has 0 radical (unpaired) electrons. The maximum Gasteiger partial charge on any atom is 0.188 e. The fourth-order valence-electron chi connectivity index (χ4n) is 3.22. The van der Waals surface area contributed by atoms with Crippen LogP contribution in [0.4, 0.5) is 0 Å². The summed E-state index contributed by atoms with van der Waals surface area (Å²) in [5.41, 5.74) is 2.23. The summed E-state index contributed by atoms with van der Waals surface area (Å²) in [5, 5.41) is 11.4. The standard InChI is InChI=1S/C21H29O3P/c1-5-21(6-2,18-12-8-9-13-19(18)24-15-23-4)25-20-14-10-7-11-17(20)16(3)22/h7-14,16,22,25H,5-6,15H2,1-4H3. The monoisotopic (exact) mass is 360 g/mol. The second-order valence-electron chi connectivity index (χ2n) is 6.22. The first-order valence-electron chi connectivity index (χ1n) is 8.84. The first-order chi connectivity index (χ1) is 12.1. The first-order valence-corrected chi connectivity index (χ1v) is 9.84. The zero-order valence-electron chi connectivity index (χ0n) is 15.6. The van der Waals surface area contributed by atoms with Crippen LogP contribution in [0.25, 0.3) is 0 Å². The molecule has 2 atom stereocenters. The number of rotatable bonds is 9. The Hall–Kier alpha value is -1.41. The number of aliphatic hydroxyl groups excluding tert-OH is 1. The fourth-order valence-corrected chi connectivity index (χ4v) is 5.04. The molecule has 2 rings (SSSR count). The van der Waals surface area contributed by atoms with Crippen LogP contribution in [0.3, 0.4) is 0 Å². The molecule has 4 heteroatoms. The maximum atomic E-state index is 10.2. The Morgan fingerprint density at radius 3 is 2.32 bits per heavy atom. The molecule has 0 saturated carbocycles. The van der Waals surface area contributed by atoms with Gasteiger partial charge in [0.05, 0.1) is 6.10 Å². The van der Waals surface area contributed by atoms with Crippen molar-refractivity contribution in [3.63, 3.8) is 0 Å². The van der Waals surface area contributed by atoms with Gasteiger partial charge < -0.3 is 14.6 Å². The van der Waals surface area contributed by atoms with Crippen molar-refractivity contribution in [1.82, 2.24) is 0 Å². The molecule has 136 valence electrons. The van der Waals surface area contributed by atoms with Gasteiger partial charge in [-0.2, -0.15) is 0 Å². The summed E-state index contributed by atoms with van der Waals surface area (Å²) in [7, 11) is 2.19. The van der Waals surface area contributed by atoms with Crippen molar-refractivity contribution in [3.8, 4) is 5.75 Å².